The van der Waals surface area contributed by atoms with Crippen molar-refractivity contribution in [3.63, 3.8) is 0 Å². The minimum absolute atomic E-state index is 0.0699. The fourth-order valence-corrected chi connectivity index (χ4v) is 4.93. The number of hydrogen-bond acceptors (Lipinski definition) is 5. The van der Waals surface area contributed by atoms with Gasteiger partial charge in [0.15, 0.2) is 5.82 Å². The van der Waals surface area contributed by atoms with Gasteiger partial charge < -0.3 is 11.1 Å². The third kappa shape index (κ3) is 3.25. The Balaban J connectivity index is 1.31. The molecule has 0 saturated heterocycles. The van der Waals surface area contributed by atoms with E-state index in [-0.39, 0.29) is 17.9 Å². The van der Waals surface area contributed by atoms with Gasteiger partial charge in [0.2, 0.25) is 5.91 Å². The molecule has 142 valence electrons. The second kappa shape index (κ2) is 6.71. The molecule has 0 radical (unpaired) electrons. The predicted molar refractivity (Wildman–Crippen MR) is 102 cm³/mol. The van der Waals surface area contributed by atoms with Crippen molar-refractivity contribution in [2.75, 3.05) is 5.32 Å². The maximum atomic E-state index is 12.9. The Morgan fingerprint density at radius 1 is 1.15 bits per heavy atom. The van der Waals surface area contributed by atoms with Crippen molar-refractivity contribution in [3.05, 3.63) is 24.3 Å². The zero-order valence-electron chi connectivity index (χ0n) is 15.4. The smallest absolute Gasteiger partial charge is 0.227 e. The molecule has 3 saturated carbocycles. The van der Waals surface area contributed by atoms with Gasteiger partial charge in [-0.15, -0.1) is 5.10 Å². The van der Waals surface area contributed by atoms with Crippen LogP contribution in [0.25, 0.3) is 11.4 Å². The van der Waals surface area contributed by atoms with Crippen molar-refractivity contribution in [1.82, 2.24) is 20.2 Å². The zero-order valence-corrected chi connectivity index (χ0v) is 15.4. The molecule has 5 rings (SSSR count). The highest BCUT2D eigenvalue weighted by Gasteiger charge is 2.40. The number of carbonyl (C=O) groups excluding carboxylic acids is 1. The summed E-state index contributed by atoms with van der Waals surface area (Å²) >= 11 is 0. The number of amides is 1. The number of benzene rings is 1. The fraction of sp³-hybridized carbons (Fsp3) is 0.600. The highest BCUT2D eigenvalue weighted by atomic mass is 16.1. The van der Waals surface area contributed by atoms with E-state index >= 15 is 0 Å². The molecule has 2 aromatic rings. The molecular formula is C20H26N6O. The van der Waals surface area contributed by atoms with Crippen LogP contribution in [0.4, 0.5) is 5.69 Å². The summed E-state index contributed by atoms with van der Waals surface area (Å²) in [6.45, 7) is 0. The molecule has 3 aliphatic rings. The third-order valence-electron chi connectivity index (χ3n) is 6.56. The van der Waals surface area contributed by atoms with Crippen molar-refractivity contribution in [1.29, 1.82) is 0 Å². The number of hydrogen-bond donors (Lipinski definition) is 2. The first-order valence-corrected chi connectivity index (χ1v) is 10.1. The first kappa shape index (κ1) is 16.9. The van der Waals surface area contributed by atoms with E-state index in [9.17, 15) is 4.79 Å². The SMILES string of the molecule is NC1C2CCCC1CC(C(=O)Nc1cccc(-c3nnnn3C3CC3)c1)C2. The van der Waals surface area contributed by atoms with Gasteiger partial charge in [0.25, 0.3) is 0 Å². The van der Waals surface area contributed by atoms with E-state index in [0.717, 1.165) is 42.8 Å². The van der Waals surface area contributed by atoms with E-state index in [1.54, 1.807) is 0 Å². The van der Waals surface area contributed by atoms with Crippen molar-refractivity contribution < 1.29 is 4.79 Å². The van der Waals surface area contributed by atoms with Crippen LogP contribution in [0.2, 0.25) is 0 Å². The van der Waals surface area contributed by atoms with Crippen LogP contribution in [0.5, 0.6) is 0 Å². The minimum atomic E-state index is 0.0699. The van der Waals surface area contributed by atoms with Crippen molar-refractivity contribution in [3.8, 4) is 11.4 Å². The van der Waals surface area contributed by atoms with Crippen LogP contribution in [-0.4, -0.2) is 32.2 Å². The Labute approximate surface area is 158 Å². The van der Waals surface area contributed by atoms with Gasteiger partial charge in [0.1, 0.15) is 0 Å². The topological polar surface area (TPSA) is 98.7 Å². The molecule has 3 N–H and O–H groups in total. The normalized spacial score (nSPS) is 30.1. The van der Waals surface area contributed by atoms with Gasteiger partial charge in [-0.3, -0.25) is 4.79 Å². The van der Waals surface area contributed by atoms with Crippen molar-refractivity contribution in [2.24, 2.45) is 23.5 Å². The maximum absolute atomic E-state index is 12.9. The summed E-state index contributed by atoms with van der Waals surface area (Å²) in [5, 5.41) is 15.2. The number of anilines is 1. The molecule has 1 aromatic heterocycles. The van der Waals surface area contributed by atoms with E-state index in [1.807, 2.05) is 28.9 Å². The van der Waals surface area contributed by atoms with Crippen molar-refractivity contribution >= 4 is 11.6 Å². The first-order valence-electron chi connectivity index (χ1n) is 10.1. The number of nitrogens with zero attached hydrogens (tertiary/aromatic N) is 4. The second-order valence-electron chi connectivity index (χ2n) is 8.45. The molecule has 3 fully saturated rings. The Hall–Kier alpha value is -2.28. The number of fused-ring (bicyclic) bond motifs is 2. The second-order valence-corrected chi connectivity index (χ2v) is 8.45. The molecule has 3 aliphatic carbocycles. The number of carbonyl (C=O) groups is 1. The van der Waals surface area contributed by atoms with Crippen LogP contribution in [0, 0.1) is 17.8 Å². The van der Waals surface area contributed by atoms with Gasteiger partial charge in [0, 0.05) is 23.2 Å². The monoisotopic (exact) mass is 366 g/mol. The van der Waals surface area contributed by atoms with Gasteiger partial charge in [-0.05, 0) is 72.9 Å². The standard InChI is InChI=1S/C20H26N6O/c21-18-12-3-1-4-13(18)10-15(9-12)20(27)22-16-6-2-5-14(11-16)19-23-24-25-26(19)17-7-8-17/h2,5-6,11-13,15,17-18H,1,3-4,7-10,21H2,(H,22,27). The lowest BCUT2D eigenvalue weighted by molar-refractivity contribution is -0.122. The number of nitrogens with two attached hydrogens (primary N) is 1. The molecule has 7 nitrogen and oxygen atoms in total. The lowest BCUT2D eigenvalue weighted by atomic mass is 9.65. The summed E-state index contributed by atoms with van der Waals surface area (Å²) in [5.74, 6) is 1.97. The molecule has 0 spiro atoms. The summed E-state index contributed by atoms with van der Waals surface area (Å²) in [6, 6.07) is 8.54. The fourth-order valence-electron chi connectivity index (χ4n) is 4.93. The summed E-state index contributed by atoms with van der Waals surface area (Å²) in [5.41, 5.74) is 8.11. The van der Waals surface area contributed by atoms with Gasteiger partial charge >= 0.3 is 0 Å². The molecule has 27 heavy (non-hydrogen) atoms. The number of aromatic nitrogens is 4. The van der Waals surface area contributed by atoms with Crippen LogP contribution in [0.3, 0.4) is 0 Å². The van der Waals surface area contributed by atoms with Gasteiger partial charge in [0.05, 0.1) is 6.04 Å². The molecular weight excluding hydrogens is 340 g/mol. The lowest BCUT2D eigenvalue weighted by Crippen LogP contribution is -2.48. The Morgan fingerprint density at radius 2 is 1.93 bits per heavy atom. The van der Waals surface area contributed by atoms with Crippen LogP contribution in [-0.2, 0) is 4.79 Å². The molecule has 0 aliphatic heterocycles. The maximum Gasteiger partial charge on any atom is 0.227 e. The molecule has 2 bridgehead atoms. The van der Waals surface area contributed by atoms with E-state index in [4.69, 9.17) is 5.73 Å². The molecule has 2 unspecified atom stereocenters. The van der Waals surface area contributed by atoms with Gasteiger partial charge in [-0.25, -0.2) is 4.68 Å². The molecule has 1 amide bonds. The highest BCUT2D eigenvalue weighted by Crippen LogP contribution is 2.42. The Kier molecular flexibility index (Phi) is 4.19. The van der Waals surface area contributed by atoms with Crippen LogP contribution < -0.4 is 11.1 Å². The molecule has 1 heterocycles. The van der Waals surface area contributed by atoms with E-state index < -0.39 is 0 Å². The number of rotatable bonds is 4. The Morgan fingerprint density at radius 3 is 2.67 bits per heavy atom. The largest absolute Gasteiger partial charge is 0.327 e. The lowest BCUT2D eigenvalue weighted by Gasteiger charge is -2.43. The van der Waals surface area contributed by atoms with Crippen LogP contribution >= 0.6 is 0 Å². The third-order valence-corrected chi connectivity index (χ3v) is 6.56. The van der Waals surface area contributed by atoms with Gasteiger partial charge in [-0.1, -0.05) is 18.6 Å². The Bertz CT molecular complexity index is 831. The van der Waals surface area contributed by atoms with Crippen LogP contribution in [0.15, 0.2) is 24.3 Å². The summed E-state index contributed by atoms with van der Waals surface area (Å²) < 4.78 is 1.89. The quantitative estimate of drug-likeness (QED) is 0.867. The van der Waals surface area contributed by atoms with E-state index in [0.29, 0.717) is 17.9 Å². The highest BCUT2D eigenvalue weighted by molar-refractivity contribution is 5.93. The molecule has 7 heteroatoms. The van der Waals surface area contributed by atoms with Gasteiger partial charge in [-0.2, -0.15) is 0 Å². The summed E-state index contributed by atoms with van der Waals surface area (Å²) in [4.78, 5) is 12.9. The minimum Gasteiger partial charge on any atom is -0.327 e. The predicted octanol–water partition coefficient (Wildman–Crippen LogP) is 2.77. The average Bonchev–Trinajstić information content (AvgIpc) is 3.38. The van der Waals surface area contributed by atoms with Crippen molar-refractivity contribution in [2.45, 2.75) is 57.0 Å². The molecule has 2 atom stereocenters. The summed E-state index contributed by atoms with van der Waals surface area (Å²) in [7, 11) is 0. The average molecular weight is 366 g/mol. The number of nitrogens with one attached hydrogen (secondary N) is 1. The summed E-state index contributed by atoms with van der Waals surface area (Å²) in [6.07, 6.45) is 7.68. The van der Waals surface area contributed by atoms with E-state index in [2.05, 4.69) is 20.8 Å². The first-order chi connectivity index (χ1) is 13.2. The molecule has 1 aromatic carbocycles. The zero-order chi connectivity index (χ0) is 18.4. The number of tetrazole rings is 1. The van der Waals surface area contributed by atoms with E-state index in [1.165, 1.54) is 19.3 Å². The van der Waals surface area contributed by atoms with Crippen LogP contribution in [0.1, 0.15) is 51.0 Å².